The van der Waals surface area contributed by atoms with Gasteiger partial charge < -0.3 is 23.4 Å². The van der Waals surface area contributed by atoms with Crippen LogP contribution in [0.3, 0.4) is 0 Å². The van der Waals surface area contributed by atoms with Gasteiger partial charge in [0.25, 0.3) is 11.8 Å². The van der Waals surface area contributed by atoms with Gasteiger partial charge in [-0.05, 0) is 55.2 Å². The molecule has 0 bridgehead atoms. The maximum absolute atomic E-state index is 14.4. The fourth-order valence-corrected chi connectivity index (χ4v) is 7.84. The quantitative estimate of drug-likeness (QED) is 0.0316. The lowest BCUT2D eigenvalue weighted by Gasteiger charge is -2.48. The third-order valence-corrected chi connectivity index (χ3v) is 16.1. The molecule has 0 saturated carbocycles. The molecular formula is C39H41Cl4NO9Si. The summed E-state index contributed by atoms with van der Waals surface area (Å²) in [5, 5.41) is -1.28. The lowest BCUT2D eigenvalue weighted by atomic mass is 9.94. The highest BCUT2D eigenvalue weighted by molar-refractivity contribution is 6.74. The van der Waals surface area contributed by atoms with Crippen LogP contribution in [0.1, 0.15) is 75.0 Å². The molecule has 0 radical (unpaired) electrons. The number of nitrogens with zero attached hydrogens (tertiary/aromatic N) is 1. The van der Waals surface area contributed by atoms with Gasteiger partial charge in [-0.25, -0.2) is 9.59 Å². The van der Waals surface area contributed by atoms with Gasteiger partial charge in [0.15, 0.2) is 26.8 Å². The van der Waals surface area contributed by atoms with Gasteiger partial charge in [-0.1, -0.05) is 110 Å². The van der Waals surface area contributed by atoms with Crippen molar-refractivity contribution in [1.82, 2.24) is 4.90 Å². The van der Waals surface area contributed by atoms with E-state index in [-0.39, 0.29) is 60.6 Å². The molecule has 3 aromatic carbocycles. The van der Waals surface area contributed by atoms with Gasteiger partial charge in [0.2, 0.25) is 0 Å². The predicted molar refractivity (Wildman–Crippen MR) is 209 cm³/mol. The maximum atomic E-state index is 14.4. The van der Waals surface area contributed by atoms with E-state index in [9.17, 15) is 19.2 Å². The highest BCUT2D eigenvalue weighted by atomic mass is 35.5. The van der Waals surface area contributed by atoms with E-state index in [1.807, 2.05) is 13.1 Å². The minimum atomic E-state index is -2.47. The summed E-state index contributed by atoms with van der Waals surface area (Å²) >= 11 is 25.7. The Hall–Kier alpha value is -3.26. The average Bonchev–Trinajstić information content (AvgIpc) is 3.40. The van der Waals surface area contributed by atoms with Crippen LogP contribution in [0.5, 0.6) is 0 Å². The fraction of sp³-hybridized carbons (Fsp3) is 0.385. The van der Waals surface area contributed by atoms with E-state index in [1.54, 1.807) is 54.6 Å². The Balaban J connectivity index is 1.69. The molecule has 2 aliphatic heterocycles. The molecule has 5 atom stereocenters. The SMILES string of the molecule is C=CCCCO[C@@H]1O[C@H](CO[Si](C)(C)C(C)(C)C)[C@@H](OC(=O)c2ccccc2)[C@H](OC(=O)c2ccccc2)[C@H]1N1C(=O)c2c(Cl)c(Cl)c(Cl)c(Cl)c2C1=O. The van der Waals surface area contributed by atoms with E-state index in [4.69, 9.17) is 69.8 Å². The van der Waals surface area contributed by atoms with Crippen molar-refractivity contribution >= 4 is 78.5 Å². The number of ether oxygens (including phenoxy) is 4. The molecule has 0 unspecified atom stereocenters. The Morgan fingerprint density at radius 1 is 0.815 bits per heavy atom. The summed E-state index contributed by atoms with van der Waals surface area (Å²) < 4.78 is 31.9. The molecule has 2 heterocycles. The fourth-order valence-electron chi connectivity index (χ4n) is 5.81. The van der Waals surface area contributed by atoms with Crippen LogP contribution in [-0.2, 0) is 23.4 Å². The molecule has 2 aliphatic rings. The number of carbonyl (C=O) groups excluding carboxylic acids is 4. The van der Waals surface area contributed by atoms with Crippen LogP contribution in [-0.4, -0.2) is 80.8 Å². The Morgan fingerprint density at radius 3 is 1.76 bits per heavy atom. The second-order valence-electron chi connectivity index (χ2n) is 14.4. The first kappa shape index (κ1) is 41.9. The van der Waals surface area contributed by atoms with E-state index in [0.29, 0.717) is 12.8 Å². The zero-order chi connectivity index (χ0) is 39.5. The average molecular weight is 838 g/mol. The molecule has 10 nitrogen and oxygen atoms in total. The highest BCUT2D eigenvalue weighted by Crippen LogP contribution is 2.47. The number of hydrogen-bond donors (Lipinski definition) is 0. The Kier molecular flexibility index (Phi) is 13.4. The van der Waals surface area contributed by atoms with E-state index < -0.39 is 62.7 Å². The summed E-state index contributed by atoms with van der Waals surface area (Å²) in [6.07, 6.45) is -2.80. The summed E-state index contributed by atoms with van der Waals surface area (Å²) in [6, 6.07) is 14.7. The van der Waals surface area contributed by atoms with E-state index in [2.05, 4.69) is 27.4 Å². The van der Waals surface area contributed by atoms with Crippen molar-refractivity contribution in [3.05, 3.63) is 116 Å². The van der Waals surface area contributed by atoms with Crippen molar-refractivity contribution in [2.24, 2.45) is 0 Å². The van der Waals surface area contributed by atoms with Crippen LogP contribution in [0, 0.1) is 0 Å². The van der Waals surface area contributed by atoms with E-state index >= 15 is 0 Å². The maximum Gasteiger partial charge on any atom is 0.338 e. The molecule has 3 aromatic rings. The van der Waals surface area contributed by atoms with Crippen molar-refractivity contribution in [3.63, 3.8) is 0 Å². The predicted octanol–water partition coefficient (Wildman–Crippen LogP) is 9.45. The standard InChI is InChI=1S/C39H41Cl4NO9Si/c1-7-8-15-20-49-38-31(44-34(45)25-26(35(44)46)28(41)30(43)29(42)27(25)40)33(53-37(48)23-18-13-10-14-19-23)32(52-36(47)22-16-11-9-12-17-22)24(51-38)21-50-54(5,6)39(2,3)4/h7,9-14,16-19,24,31-33,38H,1,8,15,20-21H2,2-6H3/t24-,31-,32-,33-,38-/m1/s1. The van der Waals surface area contributed by atoms with Gasteiger partial charge in [-0.15, -0.1) is 6.58 Å². The Labute approximate surface area is 335 Å². The number of carbonyl (C=O) groups is 4. The first-order valence-electron chi connectivity index (χ1n) is 17.3. The number of rotatable bonds is 13. The summed E-state index contributed by atoms with van der Waals surface area (Å²) in [7, 11) is -2.47. The number of imide groups is 1. The third-order valence-electron chi connectivity index (χ3n) is 9.80. The van der Waals surface area contributed by atoms with Crippen LogP contribution < -0.4 is 0 Å². The summed E-state index contributed by atoms with van der Waals surface area (Å²) in [5.41, 5.74) is -0.264. The molecule has 0 aliphatic carbocycles. The molecule has 5 rings (SSSR count). The second-order valence-corrected chi connectivity index (χ2v) is 20.7. The lowest BCUT2D eigenvalue weighted by Crippen LogP contribution is -2.68. The Morgan fingerprint density at radius 2 is 1.30 bits per heavy atom. The van der Waals surface area contributed by atoms with Gasteiger partial charge >= 0.3 is 11.9 Å². The number of halogens is 4. The molecule has 0 spiro atoms. The molecule has 2 amide bonds. The number of esters is 2. The number of amides is 2. The summed E-state index contributed by atoms with van der Waals surface area (Å²) in [4.78, 5) is 57.5. The van der Waals surface area contributed by atoms with E-state index in [0.717, 1.165) is 4.90 Å². The van der Waals surface area contributed by atoms with Crippen LogP contribution >= 0.6 is 46.4 Å². The smallest absolute Gasteiger partial charge is 0.338 e. The zero-order valence-electron chi connectivity index (χ0n) is 30.4. The van der Waals surface area contributed by atoms with Crippen LogP contribution in [0.25, 0.3) is 0 Å². The second kappa shape index (κ2) is 17.3. The normalized spacial score (nSPS) is 21.5. The van der Waals surface area contributed by atoms with Crippen molar-refractivity contribution in [3.8, 4) is 0 Å². The van der Waals surface area contributed by atoms with Gasteiger partial charge in [-0.3, -0.25) is 14.5 Å². The largest absolute Gasteiger partial charge is 0.452 e. The zero-order valence-corrected chi connectivity index (χ0v) is 34.4. The number of fused-ring (bicyclic) bond motifs is 1. The lowest BCUT2D eigenvalue weighted by molar-refractivity contribution is -0.277. The molecule has 1 saturated heterocycles. The molecule has 0 aromatic heterocycles. The number of hydrogen-bond acceptors (Lipinski definition) is 9. The van der Waals surface area contributed by atoms with Crippen molar-refractivity contribution in [2.45, 2.75) is 82.4 Å². The number of benzene rings is 3. The Bertz CT molecular complexity index is 1860. The molecule has 54 heavy (non-hydrogen) atoms. The minimum Gasteiger partial charge on any atom is -0.452 e. The van der Waals surface area contributed by atoms with Gasteiger partial charge in [0, 0.05) is 0 Å². The monoisotopic (exact) mass is 835 g/mol. The van der Waals surface area contributed by atoms with Crippen LogP contribution in [0.2, 0.25) is 38.2 Å². The molecule has 1 fully saturated rings. The first-order chi connectivity index (χ1) is 25.5. The van der Waals surface area contributed by atoms with Crippen LogP contribution in [0.15, 0.2) is 73.3 Å². The van der Waals surface area contributed by atoms with Crippen molar-refractivity contribution in [1.29, 1.82) is 0 Å². The molecule has 0 N–H and O–H groups in total. The molecule has 288 valence electrons. The molecular weight excluding hydrogens is 796 g/mol. The van der Waals surface area contributed by atoms with Crippen molar-refractivity contribution < 1.29 is 42.6 Å². The van der Waals surface area contributed by atoms with Crippen LogP contribution in [0.4, 0.5) is 0 Å². The van der Waals surface area contributed by atoms with Gasteiger partial charge in [-0.2, -0.15) is 0 Å². The first-order valence-corrected chi connectivity index (χ1v) is 21.7. The molecule has 15 heteroatoms. The number of unbranched alkanes of at least 4 members (excludes halogenated alkanes) is 1. The minimum absolute atomic E-state index is 0.0825. The summed E-state index contributed by atoms with van der Waals surface area (Å²) in [5.74, 6) is -3.47. The number of allylic oxidation sites excluding steroid dienone is 1. The summed E-state index contributed by atoms with van der Waals surface area (Å²) in [6.45, 7) is 14.0. The van der Waals surface area contributed by atoms with Crippen molar-refractivity contribution in [2.75, 3.05) is 13.2 Å². The highest BCUT2D eigenvalue weighted by Gasteiger charge is 2.59. The van der Waals surface area contributed by atoms with E-state index in [1.165, 1.54) is 12.1 Å². The third kappa shape index (κ3) is 8.59. The van der Waals surface area contributed by atoms with Gasteiger partial charge in [0.1, 0.15) is 12.1 Å². The topological polar surface area (TPSA) is 118 Å². The van der Waals surface area contributed by atoms with Gasteiger partial charge in [0.05, 0.1) is 55.6 Å².